The average Bonchev–Trinajstić information content (AvgIpc) is 2.34. The van der Waals surface area contributed by atoms with Crippen LogP contribution in [-0.4, -0.2) is 17.3 Å². The summed E-state index contributed by atoms with van der Waals surface area (Å²) in [5, 5.41) is 11.4. The zero-order valence-electron chi connectivity index (χ0n) is 10.3. The van der Waals surface area contributed by atoms with Crippen molar-refractivity contribution in [2.75, 3.05) is 0 Å². The van der Waals surface area contributed by atoms with Gasteiger partial charge in [0.25, 0.3) is 0 Å². The van der Waals surface area contributed by atoms with E-state index in [1.807, 2.05) is 6.92 Å². The number of rotatable bonds is 6. The minimum absolute atomic E-state index is 0.202. The van der Waals surface area contributed by atoms with Crippen molar-refractivity contribution in [2.24, 2.45) is 5.73 Å². The maximum atomic E-state index is 9.92. The first-order chi connectivity index (χ1) is 8.47. The molecule has 1 aromatic rings. The zero-order chi connectivity index (χ0) is 13.7. The molecule has 0 heterocycles. The Balaban J connectivity index is 2.66. The maximum absolute atomic E-state index is 9.92. The Labute approximate surface area is 123 Å². The van der Waals surface area contributed by atoms with Crippen LogP contribution in [0, 0.1) is 0 Å². The van der Waals surface area contributed by atoms with Gasteiger partial charge in [-0.1, -0.05) is 48.1 Å². The van der Waals surface area contributed by atoms with Crippen molar-refractivity contribution in [1.29, 1.82) is 0 Å². The molecule has 18 heavy (non-hydrogen) atoms. The first-order valence-electron chi connectivity index (χ1n) is 6.03. The Kier molecular flexibility index (Phi) is 6.75. The van der Waals surface area contributed by atoms with E-state index < -0.39 is 6.10 Å². The summed E-state index contributed by atoms with van der Waals surface area (Å²) in [6.07, 6.45) is 2.31. The predicted molar refractivity (Wildman–Crippen MR) is 78.7 cm³/mol. The number of benzene rings is 1. The summed E-state index contributed by atoms with van der Waals surface area (Å²) in [6.45, 7) is 2.04. The number of hydrogen-bond acceptors (Lipinski definition) is 2. The second-order valence-electron chi connectivity index (χ2n) is 4.38. The van der Waals surface area contributed by atoms with E-state index in [0.29, 0.717) is 27.9 Å². The standard InChI is InChI=1S/C13H18Cl3NO/c1-2-3-11(17)12(18)7-4-8-9(14)5-6-10(15)13(8)16/h5-6,11-12,18H,2-4,7,17H2,1H3. The lowest BCUT2D eigenvalue weighted by Crippen LogP contribution is -2.34. The molecule has 0 saturated carbocycles. The molecule has 2 unspecified atom stereocenters. The molecule has 1 rings (SSSR count). The fourth-order valence-electron chi connectivity index (χ4n) is 1.83. The Bertz CT molecular complexity index is 398. The van der Waals surface area contributed by atoms with Gasteiger partial charge in [0, 0.05) is 11.1 Å². The molecule has 0 radical (unpaired) electrons. The molecule has 0 bridgehead atoms. The van der Waals surface area contributed by atoms with Crippen LogP contribution in [0.15, 0.2) is 12.1 Å². The van der Waals surface area contributed by atoms with Crippen LogP contribution in [0.3, 0.4) is 0 Å². The van der Waals surface area contributed by atoms with Crippen molar-refractivity contribution >= 4 is 34.8 Å². The molecule has 2 atom stereocenters. The lowest BCUT2D eigenvalue weighted by atomic mass is 9.99. The number of nitrogens with two attached hydrogens (primary N) is 1. The highest BCUT2D eigenvalue weighted by atomic mass is 35.5. The monoisotopic (exact) mass is 309 g/mol. The molecule has 0 aliphatic heterocycles. The third kappa shape index (κ3) is 4.29. The molecule has 3 N–H and O–H groups in total. The molecule has 0 aliphatic rings. The van der Waals surface area contributed by atoms with E-state index in [1.165, 1.54) is 0 Å². The second kappa shape index (κ2) is 7.56. The summed E-state index contributed by atoms with van der Waals surface area (Å²) in [7, 11) is 0. The zero-order valence-corrected chi connectivity index (χ0v) is 12.6. The highest BCUT2D eigenvalue weighted by Crippen LogP contribution is 2.32. The minimum Gasteiger partial charge on any atom is -0.392 e. The molecule has 5 heteroatoms. The highest BCUT2D eigenvalue weighted by molar-refractivity contribution is 6.44. The molecular formula is C13H18Cl3NO. The quantitative estimate of drug-likeness (QED) is 0.778. The minimum atomic E-state index is -0.545. The van der Waals surface area contributed by atoms with Gasteiger partial charge in [-0.05, 0) is 37.0 Å². The molecule has 0 aliphatic carbocycles. The largest absolute Gasteiger partial charge is 0.392 e. The van der Waals surface area contributed by atoms with Crippen LogP contribution in [0.5, 0.6) is 0 Å². The number of aliphatic hydroxyl groups excluding tert-OH is 1. The van der Waals surface area contributed by atoms with Crippen LogP contribution in [-0.2, 0) is 6.42 Å². The Morgan fingerprint density at radius 3 is 2.39 bits per heavy atom. The fraction of sp³-hybridized carbons (Fsp3) is 0.538. The molecule has 0 amide bonds. The van der Waals surface area contributed by atoms with Crippen LogP contribution in [0.1, 0.15) is 31.7 Å². The lowest BCUT2D eigenvalue weighted by Gasteiger charge is -2.18. The van der Waals surface area contributed by atoms with Crippen molar-refractivity contribution in [1.82, 2.24) is 0 Å². The van der Waals surface area contributed by atoms with E-state index in [-0.39, 0.29) is 6.04 Å². The topological polar surface area (TPSA) is 46.2 Å². The maximum Gasteiger partial charge on any atom is 0.0694 e. The van der Waals surface area contributed by atoms with Gasteiger partial charge >= 0.3 is 0 Å². The van der Waals surface area contributed by atoms with Gasteiger partial charge < -0.3 is 10.8 Å². The number of halogens is 3. The first-order valence-corrected chi connectivity index (χ1v) is 7.16. The third-order valence-corrected chi connectivity index (χ3v) is 4.14. The predicted octanol–water partition coefficient (Wildman–Crippen LogP) is 4.07. The van der Waals surface area contributed by atoms with Crippen molar-refractivity contribution in [2.45, 2.75) is 44.8 Å². The number of aliphatic hydroxyl groups is 1. The van der Waals surface area contributed by atoms with Gasteiger partial charge in [0.2, 0.25) is 0 Å². The Morgan fingerprint density at radius 2 is 1.78 bits per heavy atom. The molecule has 0 spiro atoms. The van der Waals surface area contributed by atoms with Crippen LogP contribution < -0.4 is 5.73 Å². The average molecular weight is 311 g/mol. The van der Waals surface area contributed by atoms with Crippen molar-refractivity contribution in [3.8, 4) is 0 Å². The van der Waals surface area contributed by atoms with E-state index in [4.69, 9.17) is 40.5 Å². The van der Waals surface area contributed by atoms with Crippen LogP contribution in [0.4, 0.5) is 0 Å². The van der Waals surface area contributed by atoms with Gasteiger partial charge in [-0.25, -0.2) is 0 Å². The lowest BCUT2D eigenvalue weighted by molar-refractivity contribution is 0.131. The van der Waals surface area contributed by atoms with E-state index in [0.717, 1.165) is 18.4 Å². The van der Waals surface area contributed by atoms with Gasteiger partial charge in [-0.2, -0.15) is 0 Å². The Hall–Kier alpha value is 0.01000. The van der Waals surface area contributed by atoms with Gasteiger partial charge in [-0.3, -0.25) is 0 Å². The summed E-state index contributed by atoms with van der Waals surface area (Å²) in [5.41, 5.74) is 6.63. The van der Waals surface area contributed by atoms with Gasteiger partial charge in [0.05, 0.1) is 16.1 Å². The second-order valence-corrected chi connectivity index (χ2v) is 5.57. The molecule has 0 saturated heterocycles. The summed E-state index contributed by atoms with van der Waals surface area (Å²) in [4.78, 5) is 0. The normalized spacial score (nSPS) is 14.6. The van der Waals surface area contributed by atoms with Crippen LogP contribution >= 0.6 is 34.8 Å². The molecule has 0 fully saturated rings. The van der Waals surface area contributed by atoms with Crippen molar-refractivity contribution in [3.63, 3.8) is 0 Å². The van der Waals surface area contributed by atoms with Gasteiger partial charge in [-0.15, -0.1) is 0 Å². The highest BCUT2D eigenvalue weighted by Gasteiger charge is 2.16. The first kappa shape index (κ1) is 16.1. The van der Waals surface area contributed by atoms with Crippen molar-refractivity contribution < 1.29 is 5.11 Å². The van der Waals surface area contributed by atoms with Crippen LogP contribution in [0.2, 0.25) is 15.1 Å². The SMILES string of the molecule is CCCC(N)C(O)CCc1c(Cl)ccc(Cl)c1Cl. The van der Waals surface area contributed by atoms with E-state index >= 15 is 0 Å². The summed E-state index contributed by atoms with van der Waals surface area (Å²) < 4.78 is 0. The molecule has 102 valence electrons. The van der Waals surface area contributed by atoms with E-state index in [1.54, 1.807) is 12.1 Å². The Morgan fingerprint density at radius 1 is 1.17 bits per heavy atom. The summed E-state index contributed by atoms with van der Waals surface area (Å²) in [6, 6.07) is 3.17. The van der Waals surface area contributed by atoms with Crippen LogP contribution in [0.25, 0.3) is 0 Å². The molecule has 2 nitrogen and oxygen atoms in total. The molecule has 1 aromatic carbocycles. The fourth-order valence-corrected chi connectivity index (χ4v) is 2.57. The number of hydrogen-bond donors (Lipinski definition) is 2. The van der Waals surface area contributed by atoms with Crippen molar-refractivity contribution in [3.05, 3.63) is 32.8 Å². The summed E-state index contributed by atoms with van der Waals surface area (Å²) >= 11 is 18.1. The molecule has 0 aromatic heterocycles. The summed E-state index contributed by atoms with van der Waals surface area (Å²) in [5.74, 6) is 0. The van der Waals surface area contributed by atoms with E-state index in [2.05, 4.69) is 0 Å². The van der Waals surface area contributed by atoms with Gasteiger partial charge in [0.1, 0.15) is 0 Å². The van der Waals surface area contributed by atoms with E-state index in [9.17, 15) is 5.11 Å². The molecular weight excluding hydrogens is 293 g/mol. The van der Waals surface area contributed by atoms with Gasteiger partial charge in [0.15, 0.2) is 0 Å². The smallest absolute Gasteiger partial charge is 0.0694 e. The third-order valence-electron chi connectivity index (χ3n) is 2.95.